The van der Waals surface area contributed by atoms with Crippen LogP contribution in [0.5, 0.6) is 28.7 Å². The third-order valence-corrected chi connectivity index (χ3v) is 23.9. The fourth-order valence-electron chi connectivity index (χ4n) is 7.97. The van der Waals surface area contributed by atoms with Gasteiger partial charge in [-0.25, -0.2) is 23.1 Å². The molecule has 4 unspecified atom stereocenters. The third-order valence-electron chi connectivity index (χ3n) is 13.1. The third kappa shape index (κ3) is 23.6. The van der Waals surface area contributed by atoms with Gasteiger partial charge in [0.1, 0.15) is 41.6 Å². The molecule has 2 aliphatic rings. The first-order chi connectivity index (χ1) is 39.9. The van der Waals surface area contributed by atoms with Crippen LogP contribution in [0.2, 0.25) is 0 Å². The van der Waals surface area contributed by atoms with Crippen molar-refractivity contribution in [3.05, 3.63) is 115 Å². The SMILES string of the molecule is CC(C)(C)C(O)C(Oc1ccc(-c2ccccc2)cc1)n1cncn1.CCOC(=O)CCN(SN(C)C(=O)Oc1cccc2c1OC(C)(C)C2)C(C)C.CCOP(=O)(SC(C)CC)SC(C)CC.CCS(=O)(=O)Oc1ccc2c(c1)C(C)(C)CO2. The number of carbonyl (C=O) groups is 2. The average molecular weight is 1270 g/mol. The van der Waals surface area contributed by atoms with Crippen LogP contribution >= 0.6 is 40.7 Å². The molecule has 0 saturated heterocycles. The zero-order valence-electron chi connectivity index (χ0n) is 52.7. The largest absolute Gasteiger partial charge is 0.492 e. The molecule has 0 fully saturated rings. The van der Waals surface area contributed by atoms with Gasteiger partial charge in [0.05, 0.1) is 32.0 Å². The Bertz CT molecular complexity index is 2990. The van der Waals surface area contributed by atoms with Crippen molar-refractivity contribution < 1.29 is 60.1 Å². The van der Waals surface area contributed by atoms with Gasteiger partial charge in [-0.3, -0.25) is 9.36 Å². The maximum Gasteiger partial charge on any atom is 0.426 e. The van der Waals surface area contributed by atoms with Gasteiger partial charge in [-0.1, -0.05) is 140 Å². The van der Waals surface area contributed by atoms with E-state index in [1.165, 1.54) is 45.5 Å². The van der Waals surface area contributed by atoms with Crippen molar-refractivity contribution in [3.63, 3.8) is 0 Å². The van der Waals surface area contributed by atoms with E-state index in [4.69, 9.17) is 32.4 Å². The predicted molar refractivity (Wildman–Crippen MR) is 345 cm³/mol. The fraction of sp³-hybridized carbons (Fsp3) is 0.548. The molecule has 18 nitrogen and oxygen atoms in total. The van der Waals surface area contributed by atoms with Crippen molar-refractivity contribution in [3.8, 4) is 39.9 Å². The summed E-state index contributed by atoms with van der Waals surface area (Å²) in [6.07, 6.45) is 4.18. The van der Waals surface area contributed by atoms with E-state index >= 15 is 0 Å². The Kier molecular flexibility index (Phi) is 28.5. The van der Waals surface area contributed by atoms with E-state index in [1.54, 1.807) is 56.2 Å². The summed E-state index contributed by atoms with van der Waals surface area (Å²) in [5, 5.41) is 15.6. The van der Waals surface area contributed by atoms with E-state index < -0.39 is 34.3 Å². The highest BCUT2D eigenvalue weighted by molar-refractivity contribution is 8.89. The first-order valence-corrected chi connectivity index (χ1v) is 35.8. The number of aromatic nitrogens is 3. The summed E-state index contributed by atoms with van der Waals surface area (Å²) < 4.78 is 78.6. The van der Waals surface area contributed by atoms with Gasteiger partial charge in [0.25, 0.3) is 0 Å². The van der Waals surface area contributed by atoms with Crippen LogP contribution in [0.15, 0.2) is 104 Å². The zero-order valence-corrected chi connectivity index (χ0v) is 56.9. The molecule has 0 saturated carbocycles. The van der Waals surface area contributed by atoms with Crippen molar-refractivity contribution in [2.24, 2.45) is 5.41 Å². The number of carbonyl (C=O) groups excluding carboxylic acids is 2. The minimum Gasteiger partial charge on any atom is -0.492 e. The predicted octanol–water partition coefficient (Wildman–Crippen LogP) is 15.3. The second-order valence-corrected chi connectivity index (χ2v) is 33.9. The number of hydrogen-bond donors (Lipinski definition) is 1. The number of amides is 1. The van der Waals surface area contributed by atoms with Gasteiger partial charge in [0.15, 0.2) is 11.5 Å². The summed E-state index contributed by atoms with van der Waals surface area (Å²) in [6.45, 7) is 33.6. The number of benzene rings is 4. The number of fused-ring (bicyclic) bond motifs is 2. The van der Waals surface area contributed by atoms with Gasteiger partial charge in [-0.05, 0) is 114 Å². The molecule has 0 bridgehead atoms. The molecule has 1 aromatic heterocycles. The standard InChI is InChI=1S/C20H23N3O2.C20H30N2O5S.C12H16O4S.C10H23O2PS2/c1-20(2,3)18(24)19(23-14-21-13-22-23)25-17-11-9-16(10-12-17)15-7-5-4-6-8-15;1-7-25-17(23)11-12-22(14(2)3)28-21(6)19(24)26-16-10-8-9-15-13-20(4,5)27-18(15)16;1-4-17(13,14)16-9-5-6-11-10(7-9)12(2,3)8-15-11;1-6-9(4)14-13(11,12-8-3)15-10(5)7-2/h4-14,18-19,24H,1-3H3;8-10,14H,7,11-13H2,1-6H3;5-7H,4,8H2,1-3H3;9-10H,6-8H2,1-5H3. The van der Waals surface area contributed by atoms with Crippen LogP contribution in [0.4, 0.5) is 4.79 Å². The van der Waals surface area contributed by atoms with E-state index in [9.17, 15) is 27.7 Å². The summed E-state index contributed by atoms with van der Waals surface area (Å²) in [4.78, 5) is 28.2. The second kappa shape index (κ2) is 33.4. The maximum absolute atomic E-state index is 12.6. The van der Waals surface area contributed by atoms with Crippen LogP contribution in [-0.4, -0.2) is 116 Å². The van der Waals surface area contributed by atoms with Gasteiger partial charge >= 0.3 is 28.0 Å². The number of aliphatic hydroxyl groups excluding tert-OH is 1. The summed E-state index contributed by atoms with van der Waals surface area (Å²) in [5.41, 5.74) is 3.50. The van der Waals surface area contributed by atoms with Crippen molar-refractivity contribution in [2.75, 3.05) is 39.2 Å². The first kappa shape index (κ1) is 72.5. The zero-order chi connectivity index (χ0) is 63.3. The highest BCUT2D eigenvalue weighted by atomic mass is 33.1. The fourth-order valence-corrected chi connectivity index (χ4v) is 18.7. The lowest BCUT2D eigenvalue weighted by atomic mass is 9.87. The molecule has 472 valence electrons. The quantitative estimate of drug-likeness (QED) is 0.0264. The number of hydrogen-bond acceptors (Lipinski definition) is 19. The Morgan fingerprint density at radius 1 is 0.847 bits per heavy atom. The highest BCUT2D eigenvalue weighted by Crippen LogP contribution is 2.72. The number of nitrogens with zero attached hydrogens (tertiary/aromatic N) is 5. The maximum atomic E-state index is 12.6. The molecule has 1 N–H and O–H groups in total. The Morgan fingerprint density at radius 2 is 1.47 bits per heavy atom. The molecular formula is C62H92N5O13PS4. The van der Waals surface area contributed by atoms with Crippen LogP contribution in [0.25, 0.3) is 11.1 Å². The van der Waals surface area contributed by atoms with E-state index in [0.29, 0.717) is 59.9 Å². The Balaban J connectivity index is 0.000000251. The Labute approximate surface area is 518 Å². The molecule has 2 aliphatic heterocycles. The van der Waals surface area contributed by atoms with Crippen LogP contribution in [0.1, 0.15) is 147 Å². The summed E-state index contributed by atoms with van der Waals surface area (Å²) in [6, 6.07) is 28.8. The van der Waals surface area contributed by atoms with E-state index in [1.807, 2.05) is 114 Å². The number of esters is 1. The number of ether oxygens (including phenoxy) is 5. The smallest absolute Gasteiger partial charge is 0.426 e. The van der Waals surface area contributed by atoms with Crippen molar-refractivity contribution >= 4 is 62.9 Å². The van der Waals surface area contributed by atoms with Gasteiger partial charge in [-0.2, -0.15) is 13.5 Å². The first-order valence-electron chi connectivity index (χ1n) is 28.9. The average Bonchev–Trinajstić information content (AvgIpc) is 2.51. The normalized spacial score (nSPS) is 15.9. The second-order valence-electron chi connectivity index (χ2n) is 22.9. The lowest BCUT2D eigenvalue weighted by Gasteiger charge is -2.32. The minimum atomic E-state index is -3.47. The number of para-hydroxylation sites is 1. The molecule has 4 aromatic carbocycles. The van der Waals surface area contributed by atoms with Crippen molar-refractivity contribution in [1.82, 2.24) is 23.4 Å². The van der Waals surface area contributed by atoms with Crippen molar-refractivity contribution in [2.45, 2.75) is 176 Å². The number of rotatable bonds is 24. The van der Waals surface area contributed by atoms with E-state index in [0.717, 1.165) is 47.3 Å². The topological polar surface area (TPSA) is 207 Å². The monoisotopic (exact) mass is 1270 g/mol. The van der Waals surface area contributed by atoms with E-state index in [-0.39, 0.29) is 40.6 Å². The molecule has 7 rings (SSSR count). The molecule has 4 atom stereocenters. The molecule has 85 heavy (non-hydrogen) atoms. The molecule has 0 aliphatic carbocycles. The summed E-state index contributed by atoms with van der Waals surface area (Å²) >= 11 is 4.24. The van der Waals surface area contributed by atoms with Gasteiger partial charge in [0.2, 0.25) is 6.23 Å². The van der Waals surface area contributed by atoms with Crippen LogP contribution in [0.3, 0.4) is 0 Å². The molecule has 0 spiro atoms. The van der Waals surface area contributed by atoms with Gasteiger partial charge < -0.3 is 37.5 Å². The van der Waals surface area contributed by atoms with Gasteiger partial charge in [0, 0.05) is 65.2 Å². The molecular weight excluding hydrogens is 1180 g/mol. The molecule has 3 heterocycles. The van der Waals surface area contributed by atoms with Gasteiger partial charge in [-0.15, -0.1) is 0 Å². The van der Waals surface area contributed by atoms with Crippen molar-refractivity contribution in [1.29, 1.82) is 0 Å². The van der Waals surface area contributed by atoms with E-state index in [2.05, 4.69) is 63.8 Å². The van der Waals surface area contributed by atoms with Crippen LogP contribution in [-0.2, 0) is 40.6 Å². The number of aliphatic hydroxyl groups is 1. The minimum absolute atomic E-state index is 0.0377. The Hall–Kier alpha value is -4.93. The Morgan fingerprint density at radius 3 is 2.02 bits per heavy atom. The summed E-state index contributed by atoms with van der Waals surface area (Å²) in [5.74, 6) is 0.0494. The lowest BCUT2D eigenvalue weighted by molar-refractivity contribution is -0.143. The molecule has 0 radical (unpaired) electrons. The van der Waals surface area contributed by atoms with Crippen LogP contribution < -0.4 is 23.1 Å². The molecule has 23 heteroatoms. The van der Waals surface area contributed by atoms with Crippen LogP contribution in [0, 0.1) is 5.41 Å². The molecule has 5 aromatic rings. The lowest BCUT2D eigenvalue weighted by Crippen LogP contribution is -2.38. The highest BCUT2D eigenvalue weighted by Gasteiger charge is 2.36. The molecule has 1 amide bonds. The summed E-state index contributed by atoms with van der Waals surface area (Å²) in [7, 11) is -1.83.